The molecule has 4 heteroatoms. The minimum atomic E-state index is 0.696. The van der Waals surface area contributed by atoms with Crippen LogP contribution in [0.25, 0.3) is 56.2 Å². The van der Waals surface area contributed by atoms with Gasteiger partial charge in [-0.3, -0.25) is 9.97 Å². The van der Waals surface area contributed by atoms with E-state index in [1.165, 1.54) is 0 Å². The molecule has 0 atom stereocenters. The molecule has 0 aliphatic rings. The Morgan fingerprint density at radius 3 is 1.36 bits per heavy atom. The van der Waals surface area contributed by atoms with Crippen molar-refractivity contribution in [2.24, 2.45) is 0 Å². The normalized spacial score (nSPS) is 10.8. The molecule has 170 valence electrons. The van der Waals surface area contributed by atoms with Crippen molar-refractivity contribution in [3.63, 3.8) is 0 Å². The molecule has 0 radical (unpaired) electrons. The van der Waals surface area contributed by atoms with E-state index >= 15 is 0 Å². The van der Waals surface area contributed by atoms with E-state index < -0.39 is 0 Å². The van der Waals surface area contributed by atoms with Crippen LogP contribution < -0.4 is 0 Å². The molecule has 0 saturated carbocycles. The molecule has 0 unspecified atom stereocenters. The van der Waals surface area contributed by atoms with E-state index in [1.54, 1.807) is 12.4 Å². The number of hydrogen-bond acceptors (Lipinski definition) is 4. The lowest BCUT2D eigenvalue weighted by molar-refractivity contribution is 1.18. The van der Waals surface area contributed by atoms with Crippen molar-refractivity contribution in [1.82, 2.24) is 19.9 Å². The Labute approximate surface area is 210 Å². The van der Waals surface area contributed by atoms with E-state index in [1.807, 2.05) is 73.1 Å². The molecule has 0 aliphatic heterocycles. The number of rotatable bonds is 5. The van der Waals surface area contributed by atoms with E-state index in [-0.39, 0.29) is 0 Å². The maximum atomic E-state index is 5.03. The predicted molar refractivity (Wildman–Crippen MR) is 145 cm³/mol. The van der Waals surface area contributed by atoms with Gasteiger partial charge in [-0.05, 0) is 47.5 Å². The maximum Gasteiger partial charge on any atom is 0.160 e. The molecular weight excluding hydrogens is 440 g/mol. The predicted octanol–water partition coefficient (Wildman–Crippen LogP) is 7.60. The fraction of sp³-hybridized carbons (Fsp3) is 0. The molecule has 0 amide bonds. The fourth-order valence-electron chi connectivity index (χ4n) is 4.24. The Morgan fingerprint density at radius 1 is 0.361 bits per heavy atom. The van der Waals surface area contributed by atoms with Gasteiger partial charge in [-0.15, -0.1) is 0 Å². The van der Waals surface area contributed by atoms with Crippen LogP contribution in [-0.2, 0) is 0 Å². The van der Waals surface area contributed by atoms with Crippen molar-refractivity contribution in [2.75, 3.05) is 0 Å². The highest BCUT2D eigenvalue weighted by molar-refractivity contribution is 5.81. The Morgan fingerprint density at radius 2 is 0.833 bits per heavy atom. The molecular formula is C32H22N4. The topological polar surface area (TPSA) is 51.6 Å². The summed E-state index contributed by atoms with van der Waals surface area (Å²) >= 11 is 0. The Kier molecular flexibility index (Phi) is 5.83. The third-order valence-corrected chi connectivity index (χ3v) is 6.05. The molecule has 0 bridgehead atoms. The van der Waals surface area contributed by atoms with Gasteiger partial charge in [0.1, 0.15) is 0 Å². The highest BCUT2D eigenvalue weighted by atomic mass is 14.9. The third-order valence-electron chi connectivity index (χ3n) is 6.05. The smallest absolute Gasteiger partial charge is 0.160 e. The van der Waals surface area contributed by atoms with Gasteiger partial charge in [0.15, 0.2) is 5.82 Å². The zero-order valence-corrected chi connectivity index (χ0v) is 19.5. The van der Waals surface area contributed by atoms with Crippen LogP contribution in [0.15, 0.2) is 134 Å². The van der Waals surface area contributed by atoms with Crippen LogP contribution in [0.5, 0.6) is 0 Å². The zero-order valence-electron chi connectivity index (χ0n) is 19.5. The van der Waals surface area contributed by atoms with Crippen LogP contribution in [-0.4, -0.2) is 19.9 Å². The number of pyridine rings is 2. The molecule has 0 saturated heterocycles. The highest BCUT2D eigenvalue weighted by Crippen LogP contribution is 2.34. The van der Waals surface area contributed by atoms with Crippen LogP contribution in [0.4, 0.5) is 0 Å². The first kappa shape index (κ1) is 21.6. The molecule has 0 aliphatic carbocycles. The Hall–Kier alpha value is -4.96. The monoisotopic (exact) mass is 462 g/mol. The van der Waals surface area contributed by atoms with Gasteiger partial charge in [0.25, 0.3) is 0 Å². The summed E-state index contributed by atoms with van der Waals surface area (Å²) in [5, 5.41) is 0. The van der Waals surface area contributed by atoms with E-state index in [4.69, 9.17) is 9.97 Å². The second-order valence-electron chi connectivity index (χ2n) is 8.48. The molecule has 4 nitrogen and oxygen atoms in total. The lowest BCUT2D eigenvalue weighted by Crippen LogP contribution is -1.96. The van der Waals surface area contributed by atoms with Gasteiger partial charge in [-0.1, -0.05) is 72.8 Å². The summed E-state index contributed by atoms with van der Waals surface area (Å²) in [7, 11) is 0. The molecule has 0 fully saturated rings. The summed E-state index contributed by atoms with van der Waals surface area (Å²) in [6.07, 6.45) is 7.35. The average molecular weight is 463 g/mol. The largest absolute Gasteiger partial charge is 0.264 e. The van der Waals surface area contributed by atoms with Crippen LogP contribution >= 0.6 is 0 Å². The van der Waals surface area contributed by atoms with Gasteiger partial charge in [0.2, 0.25) is 0 Å². The van der Waals surface area contributed by atoms with E-state index in [0.717, 1.165) is 50.3 Å². The second-order valence-corrected chi connectivity index (χ2v) is 8.48. The van der Waals surface area contributed by atoms with Gasteiger partial charge < -0.3 is 0 Å². The van der Waals surface area contributed by atoms with Crippen LogP contribution in [0.2, 0.25) is 0 Å². The highest BCUT2D eigenvalue weighted by Gasteiger charge is 2.13. The molecule has 6 aromatic rings. The van der Waals surface area contributed by atoms with Crippen molar-refractivity contribution >= 4 is 0 Å². The first-order valence-electron chi connectivity index (χ1n) is 11.8. The van der Waals surface area contributed by atoms with Crippen LogP contribution in [0.1, 0.15) is 0 Å². The first-order chi connectivity index (χ1) is 17.8. The average Bonchev–Trinajstić information content (AvgIpc) is 2.98. The molecule has 0 spiro atoms. The van der Waals surface area contributed by atoms with E-state index in [2.05, 4.69) is 58.5 Å². The van der Waals surface area contributed by atoms with Gasteiger partial charge in [0, 0.05) is 52.6 Å². The molecule has 36 heavy (non-hydrogen) atoms. The molecule has 6 rings (SSSR count). The van der Waals surface area contributed by atoms with Gasteiger partial charge in [-0.25, -0.2) is 9.97 Å². The number of nitrogens with zero attached hydrogens (tertiary/aromatic N) is 4. The van der Waals surface area contributed by atoms with Crippen molar-refractivity contribution in [3.05, 3.63) is 134 Å². The van der Waals surface area contributed by atoms with Crippen molar-refractivity contribution in [1.29, 1.82) is 0 Å². The van der Waals surface area contributed by atoms with Gasteiger partial charge >= 0.3 is 0 Å². The third kappa shape index (κ3) is 4.52. The number of benzene rings is 3. The summed E-state index contributed by atoms with van der Waals surface area (Å²) in [4.78, 5) is 18.6. The minimum absolute atomic E-state index is 0.696. The lowest BCUT2D eigenvalue weighted by Gasteiger charge is -2.13. The molecule has 0 N–H and O–H groups in total. The summed E-state index contributed by atoms with van der Waals surface area (Å²) in [5.74, 6) is 0.696. The maximum absolute atomic E-state index is 5.03. The fourth-order valence-corrected chi connectivity index (χ4v) is 4.24. The molecule has 3 heterocycles. The van der Waals surface area contributed by atoms with Crippen LogP contribution in [0.3, 0.4) is 0 Å². The Bertz CT molecular complexity index is 1360. The lowest BCUT2D eigenvalue weighted by atomic mass is 9.95. The van der Waals surface area contributed by atoms with Gasteiger partial charge in [0.05, 0.1) is 11.4 Å². The number of aromatic nitrogens is 4. The molecule has 3 aromatic carbocycles. The van der Waals surface area contributed by atoms with Crippen molar-refractivity contribution in [3.8, 4) is 56.2 Å². The first-order valence-corrected chi connectivity index (χ1v) is 11.8. The van der Waals surface area contributed by atoms with E-state index in [9.17, 15) is 0 Å². The second kappa shape index (κ2) is 9.72. The zero-order chi connectivity index (χ0) is 24.2. The summed E-state index contributed by atoms with van der Waals surface area (Å²) in [6, 6.07) is 37.0. The number of hydrogen-bond donors (Lipinski definition) is 0. The Balaban J connectivity index is 1.58. The minimum Gasteiger partial charge on any atom is -0.264 e. The van der Waals surface area contributed by atoms with E-state index in [0.29, 0.717) is 5.82 Å². The summed E-state index contributed by atoms with van der Waals surface area (Å²) < 4.78 is 0. The summed E-state index contributed by atoms with van der Waals surface area (Å²) in [5.41, 5.74) is 9.01. The van der Waals surface area contributed by atoms with Crippen molar-refractivity contribution < 1.29 is 0 Å². The SMILES string of the molecule is c1ccc(-c2cc(-c3cc(-c4cccnc4)cc(-c4cccnc4)c3)nc(-c3ccccc3)n2)cc1. The standard InChI is InChI=1S/C32H22N4/c1-3-9-23(10-4-1)30-20-31(36-32(35-30)24-11-5-2-6-12-24)29-18-27(25-13-7-15-33-21-25)17-28(19-29)26-14-8-16-34-22-26/h1-22H. The van der Waals surface area contributed by atoms with Gasteiger partial charge in [-0.2, -0.15) is 0 Å². The van der Waals surface area contributed by atoms with Crippen molar-refractivity contribution in [2.45, 2.75) is 0 Å². The quantitative estimate of drug-likeness (QED) is 0.265. The summed E-state index contributed by atoms with van der Waals surface area (Å²) in [6.45, 7) is 0. The molecule has 3 aromatic heterocycles. The van der Waals surface area contributed by atoms with Crippen LogP contribution in [0, 0.1) is 0 Å².